The van der Waals surface area contributed by atoms with Gasteiger partial charge in [0.25, 0.3) is 0 Å². The van der Waals surface area contributed by atoms with Crippen molar-refractivity contribution in [1.82, 2.24) is 25.1 Å². The number of carbonyl (C=O) groups excluding carboxylic acids is 1. The molecule has 0 unspecified atom stereocenters. The number of hydrogen-bond acceptors (Lipinski definition) is 5. The van der Waals surface area contributed by atoms with E-state index < -0.39 is 18.2 Å². The topological polar surface area (TPSA) is 105 Å². The number of rotatable bonds is 4. The number of aliphatic hydroxyl groups excluding tert-OH is 1. The van der Waals surface area contributed by atoms with Crippen molar-refractivity contribution < 1.29 is 9.90 Å². The molecule has 2 aromatic heterocycles. The maximum Gasteiger partial charge on any atom is 0.320 e. The zero-order valence-corrected chi connectivity index (χ0v) is 20.7. The SMILES string of the molecule is C=C1/C=C\C=C/C[C@@H](NC(=O)Nc2c(C)c(-c3cnc(C)nc3)nn2-c2ccccc2)[C@H](O)CCC1. The largest absolute Gasteiger partial charge is 0.391 e. The lowest BCUT2D eigenvalue weighted by Crippen LogP contribution is -2.45. The molecule has 2 amide bonds. The van der Waals surface area contributed by atoms with Crippen LogP contribution in [0.3, 0.4) is 0 Å². The Morgan fingerprint density at radius 2 is 1.89 bits per heavy atom. The summed E-state index contributed by atoms with van der Waals surface area (Å²) in [6, 6.07) is 8.76. The van der Waals surface area contributed by atoms with Crippen molar-refractivity contribution in [2.45, 2.75) is 51.7 Å². The van der Waals surface area contributed by atoms with Gasteiger partial charge in [-0.2, -0.15) is 5.10 Å². The first-order chi connectivity index (χ1) is 17.4. The highest BCUT2D eigenvalue weighted by atomic mass is 16.3. The maximum atomic E-state index is 13.2. The molecule has 0 fully saturated rings. The molecule has 186 valence electrons. The van der Waals surface area contributed by atoms with Crippen LogP contribution in [0.4, 0.5) is 10.6 Å². The number of carbonyl (C=O) groups is 1. The number of aromatic nitrogens is 4. The molecular weight excluding hydrogens is 452 g/mol. The van der Waals surface area contributed by atoms with Gasteiger partial charge in [-0.15, -0.1) is 0 Å². The first kappa shape index (κ1) is 25.1. The van der Waals surface area contributed by atoms with E-state index in [9.17, 15) is 9.90 Å². The molecule has 0 bridgehead atoms. The summed E-state index contributed by atoms with van der Waals surface area (Å²) in [5.41, 5.74) is 4.05. The quantitative estimate of drug-likeness (QED) is 0.481. The molecular formula is C28H32N6O2. The van der Waals surface area contributed by atoms with Crippen molar-refractivity contribution in [3.05, 3.63) is 90.6 Å². The van der Waals surface area contributed by atoms with E-state index in [0.717, 1.165) is 35.2 Å². The molecule has 1 aliphatic carbocycles. The average molecular weight is 485 g/mol. The number of hydrogen-bond donors (Lipinski definition) is 3. The third kappa shape index (κ3) is 6.14. The molecule has 8 heteroatoms. The molecule has 4 rings (SSSR count). The maximum absolute atomic E-state index is 13.2. The lowest BCUT2D eigenvalue weighted by atomic mass is 10.0. The predicted octanol–water partition coefficient (Wildman–Crippen LogP) is 5.04. The molecule has 3 N–H and O–H groups in total. The summed E-state index contributed by atoms with van der Waals surface area (Å²) in [5.74, 6) is 1.21. The Morgan fingerprint density at radius 1 is 1.14 bits per heavy atom. The summed E-state index contributed by atoms with van der Waals surface area (Å²) in [6.07, 6.45) is 13.2. The third-order valence-electron chi connectivity index (χ3n) is 6.16. The fourth-order valence-corrected chi connectivity index (χ4v) is 4.13. The fraction of sp³-hybridized carbons (Fsp3) is 0.286. The van der Waals surface area contributed by atoms with Crippen LogP contribution in [0.15, 0.2) is 79.2 Å². The van der Waals surface area contributed by atoms with Crippen LogP contribution >= 0.6 is 0 Å². The van der Waals surface area contributed by atoms with Crippen LogP contribution in [0.25, 0.3) is 16.9 Å². The summed E-state index contributed by atoms with van der Waals surface area (Å²) < 4.78 is 1.70. The molecule has 0 saturated carbocycles. The first-order valence-corrected chi connectivity index (χ1v) is 12.1. The molecule has 1 aromatic carbocycles. The van der Waals surface area contributed by atoms with Crippen LogP contribution in [0.2, 0.25) is 0 Å². The minimum atomic E-state index is -0.674. The normalized spacial score (nSPS) is 20.2. The van der Waals surface area contributed by atoms with E-state index in [1.807, 2.05) is 68.5 Å². The van der Waals surface area contributed by atoms with Crippen molar-refractivity contribution in [3.63, 3.8) is 0 Å². The number of aryl methyl sites for hydroxylation is 1. The highest BCUT2D eigenvalue weighted by Gasteiger charge is 2.23. The first-order valence-electron chi connectivity index (χ1n) is 12.1. The predicted molar refractivity (Wildman–Crippen MR) is 142 cm³/mol. The van der Waals surface area contributed by atoms with Gasteiger partial charge >= 0.3 is 6.03 Å². The summed E-state index contributed by atoms with van der Waals surface area (Å²) in [5, 5.41) is 21.5. The lowest BCUT2D eigenvalue weighted by Gasteiger charge is -2.23. The molecule has 8 nitrogen and oxygen atoms in total. The Balaban J connectivity index is 1.59. The van der Waals surface area contributed by atoms with E-state index in [2.05, 4.69) is 27.2 Å². The van der Waals surface area contributed by atoms with Crippen LogP contribution < -0.4 is 10.6 Å². The number of amides is 2. The Morgan fingerprint density at radius 3 is 2.64 bits per heavy atom. The van der Waals surface area contributed by atoms with Gasteiger partial charge < -0.3 is 10.4 Å². The highest BCUT2D eigenvalue weighted by Crippen LogP contribution is 2.30. The molecule has 36 heavy (non-hydrogen) atoms. The summed E-state index contributed by atoms with van der Waals surface area (Å²) >= 11 is 0. The zero-order valence-electron chi connectivity index (χ0n) is 20.7. The summed E-state index contributed by atoms with van der Waals surface area (Å²) in [7, 11) is 0. The minimum absolute atomic E-state index is 0.408. The van der Waals surface area contributed by atoms with E-state index in [4.69, 9.17) is 5.10 Å². The van der Waals surface area contributed by atoms with Crippen LogP contribution in [0, 0.1) is 13.8 Å². The van der Waals surface area contributed by atoms with Crippen molar-refractivity contribution in [2.24, 2.45) is 0 Å². The van der Waals surface area contributed by atoms with Crippen molar-refractivity contribution >= 4 is 11.8 Å². The monoisotopic (exact) mass is 484 g/mol. The molecule has 0 spiro atoms. The van der Waals surface area contributed by atoms with Gasteiger partial charge in [-0.25, -0.2) is 19.4 Å². The molecule has 3 aromatic rings. The number of nitrogens with one attached hydrogen (secondary N) is 2. The van der Waals surface area contributed by atoms with Crippen molar-refractivity contribution in [3.8, 4) is 16.9 Å². The van der Waals surface area contributed by atoms with E-state index in [0.29, 0.717) is 30.2 Å². The Bertz CT molecular complexity index is 1260. The Hall–Kier alpha value is -4.04. The minimum Gasteiger partial charge on any atom is -0.391 e. The molecule has 0 radical (unpaired) electrons. The number of para-hydroxylation sites is 1. The zero-order chi connectivity index (χ0) is 25.5. The van der Waals surface area contributed by atoms with Gasteiger partial charge in [-0.3, -0.25) is 5.32 Å². The van der Waals surface area contributed by atoms with Gasteiger partial charge in [-0.05, 0) is 51.7 Å². The highest BCUT2D eigenvalue weighted by molar-refractivity contribution is 5.91. The van der Waals surface area contributed by atoms with Gasteiger partial charge in [0.05, 0.1) is 17.8 Å². The smallest absolute Gasteiger partial charge is 0.320 e. The van der Waals surface area contributed by atoms with Gasteiger partial charge in [0, 0.05) is 23.5 Å². The molecule has 2 heterocycles. The average Bonchev–Trinajstić information content (AvgIpc) is 3.18. The van der Waals surface area contributed by atoms with E-state index >= 15 is 0 Å². The summed E-state index contributed by atoms with van der Waals surface area (Å²) in [4.78, 5) is 21.8. The lowest BCUT2D eigenvalue weighted by molar-refractivity contribution is 0.120. The Labute approximate surface area is 211 Å². The van der Waals surface area contributed by atoms with Gasteiger partial charge in [0.2, 0.25) is 0 Å². The second-order valence-electron chi connectivity index (χ2n) is 8.93. The number of nitrogens with zero attached hydrogens (tertiary/aromatic N) is 4. The number of urea groups is 1. The molecule has 1 aliphatic rings. The van der Waals surface area contributed by atoms with E-state index in [1.54, 1.807) is 17.1 Å². The molecule has 0 aliphatic heterocycles. The van der Waals surface area contributed by atoms with Gasteiger partial charge in [0.15, 0.2) is 0 Å². The van der Waals surface area contributed by atoms with Gasteiger partial charge in [-0.1, -0.05) is 54.7 Å². The number of aliphatic hydroxyl groups is 1. The second kappa shape index (κ2) is 11.6. The van der Waals surface area contributed by atoms with E-state index in [-0.39, 0.29) is 0 Å². The van der Waals surface area contributed by atoms with Gasteiger partial charge in [0.1, 0.15) is 17.3 Å². The molecule has 2 atom stereocenters. The Kier molecular flexibility index (Phi) is 8.07. The van der Waals surface area contributed by atoms with E-state index in [1.165, 1.54) is 0 Å². The fourth-order valence-electron chi connectivity index (χ4n) is 4.13. The van der Waals surface area contributed by atoms with Crippen LogP contribution in [-0.2, 0) is 0 Å². The number of benzene rings is 1. The molecule has 0 saturated heterocycles. The number of allylic oxidation sites excluding steroid dienone is 4. The van der Waals surface area contributed by atoms with Crippen LogP contribution in [0.1, 0.15) is 37.1 Å². The summed E-state index contributed by atoms with van der Waals surface area (Å²) in [6.45, 7) is 7.76. The van der Waals surface area contributed by atoms with Crippen LogP contribution in [-0.4, -0.2) is 43.0 Å². The van der Waals surface area contributed by atoms with Crippen LogP contribution in [0.5, 0.6) is 0 Å². The third-order valence-corrected chi connectivity index (χ3v) is 6.16. The van der Waals surface area contributed by atoms with Crippen molar-refractivity contribution in [2.75, 3.05) is 5.32 Å². The number of anilines is 1. The standard InChI is InChI=1S/C28H32N6O2/c1-19-11-6-4-9-15-24(25(35)16-10-12-19)31-28(36)32-27-20(2)26(22-17-29-21(3)30-18-22)33-34(27)23-13-7-5-8-14-23/h4-9,11,13-14,17-18,24-25,35H,1,10,12,15-16H2,2-3H3,(H2,31,32,36)/b9-4-,11-6-/t24-,25-/m1/s1. The second-order valence-corrected chi connectivity index (χ2v) is 8.93. The van der Waals surface area contributed by atoms with Crippen molar-refractivity contribution in [1.29, 1.82) is 0 Å².